The smallest absolute Gasteiger partial charge is 0.0767 e. The Morgan fingerprint density at radius 3 is 2.37 bits per heavy atom. The van der Waals surface area contributed by atoms with Crippen molar-refractivity contribution in [3.8, 4) is 0 Å². The Bertz CT molecular complexity index is 573. The van der Waals surface area contributed by atoms with Crippen molar-refractivity contribution < 1.29 is 0 Å². The zero-order chi connectivity index (χ0) is 14.0. The quantitative estimate of drug-likeness (QED) is 0.717. The molecule has 1 aromatic carbocycles. The Balaban J connectivity index is 2.22. The molecule has 0 unspecified atom stereocenters. The van der Waals surface area contributed by atoms with E-state index in [2.05, 4.69) is 65.1 Å². The van der Waals surface area contributed by atoms with Gasteiger partial charge < -0.3 is 5.32 Å². The summed E-state index contributed by atoms with van der Waals surface area (Å²) in [4.78, 5) is 0. The maximum absolute atomic E-state index is 4.49. The molecular formula is C13H14Br3N3. The molecule has 0 spiro atoms. The molecule has 0 amide bonds. The maximum Gasteiger partial charge on any atom is 0.0767 e. The van der Waals surface area contributed by atoms with Crippen LogP contribution in [0.4, 0.5) is 5.69 Å². The first-order chi connectivity index (χ1) is 9.04. The minimum Gasteiger partial charge on any atom is -0.378 e. The molecule has 2 aromatic rings. The number of aromatic nitrogens is 2. The summed E-state index contributed by atoms with van der Waals surface area (Å²) in [6.07, 6.45) is 0.924. The molecule has 0 radical (unpaired) electrons. The van der Waals surface area contributed by atoms with Gasteiger partial charge in [-0.1, -0.05) is 13.0 Å². The standard InChI is InChI=1S/C13H14Br3N3/c1-3-10-12(16)11(19(2)18-10)7-17-13-8(14)5-4-6-9(13)15/h4-6,17H,3,7H2,1-2H3. The van der Waals surface area contributed by atoms with Gasteiger partial charge in [0, 0.05) is 16.0 Å². The van der Waals surface area contributed by atoms with E-state index in [1.807, 2.05) is 29.9 Å². The van der Waals surface area contributed by atoms with Crippen LogP contribution in [0.25, 0.3) is 0 Å². The molecule has 0 fully saturated rings. The van der Waals surface area contributed by atoms with Crippen molar-refractivity contribution in [1.29, 1.82) is 0 Å². The van der Waals surface area contributed by atoms with Gasteiger partial charge in [-0.05, 0) is 66.3 Å². The van der Waals surface area contributed by atoms with Gasteiger partial charge >= 0.3 is 0 Å². The maximum atomic E-state index is 4.49. The Morgan fingerprint density at radius 2 is 1.84 bits per heavy atom. The third kappa shape index (κ3) is 3.23. The van der Waals surface area contributed by atoms with E-state index in [0.29, 0.717) is 6.54 Å². The fourth-order valence-corrected chi connectivity index (χ4v) is 3.89. The third-order valence-corrected chi connectivity index (χ3v) is 5.14. The number of hydrogen-bond acceptors (Lipinski definition) is 2. The summed E-state index contributed by atoms with van der Waals surface area (Å²) in [5.41, 5.74) is 3.28. The van der Waals surface area contributed by atoms with Crippen molar-refractivity contribution in [2.75, 3.05) is 5.32 Å². The van der Waals surface area contributed by atoms with Crippen LogP contribution in [0.3, 0.4) is 0 Å². The molecule has 1 heterocycles. The molecule has 0 aliphatic carbocycles. The van der Waals surface area contributed by atoms with Crippen molar-refractivity contribution in [1.82, 2.24) is 9.78 Å². The van der Waals surface area contributed by atoms with E-state index in [9.17, 15) is 0 Å². The van der Waals surface area contributed by atoms with Crippen molar-refractivity contribution >= 4 is 53.5 Å². The molecule has 19 heavy (non-hydrogen) atoms. The fourth-order valence-electron chi connectivity index (χ4n) is 1.85. The Hall–Kier alpha value is -0.330. The lowest BCUT2D eigenvalue weighted by atomic mass is 10.3. The van der Waals surface area contributed by atoms with Crippen LogP contribution in [0.5, 0.6) is 0 Å². The molecule has 102 valence electrons. The Kier molecular flexibility index (Phi) is 5.09. The van der Waals surface area contributed by atoms with Gasteiger partial charge in [0.05, 0.1) is 28.1 Å². The fraction of sp³-hybridized carbons (Fsp3) is 0.308. The summed E-state index contributed by atoms with van der Waals surface area (Å²) in [5, 5.41) is 7.92. The molecule has 0 aliphatic rings. The van der Waals surface area contributed by atoms with E-state index in [1.165, 1.54) is 0 Å². The third-order valence-electron chi connectivity index (χ3n) is 2.90. The van der Waals surface area contributed by atoms with Crippen molar-refractivity contribution in [3.05, 3.63) is 43.0 Å². The number of nitrogens with one attached hydrogen (secondary N) is 1. The Morgan fingerprint density at radius 1 is 1.21 bits per heavy atom. The van der Waals surface area contributed by atoms with E-state index >= 15 is 0 Å². The second-order valence-electron chi connectivity index (χ2n) is 4.13. The topological polar surface area (TPSA) is 29.9 Å². The second kappa shape index (κ2) is 6.41. The predicted molar refractivity (Wildman–Crippen MR) is 89.5 cm³/mol. The molecule has 1 aromatic heterocycles. The highest BCUT2D eigenvalue weighted by Gasteiger charge is 2.13. The van der Waals surface area contributed by atoms with Gasteiger partial charge in [0.15, 0.2) is 0 Å². The van der Waals surface area contributed by atoms with Crippen LogP contribution in [-0.4, -0.2) is 9.78 Å². The predicted octanol–water partition coefficient (Wildman–Crippen LogP) is 4.88. The lowest BCUT2D eigenvalue weighted by Gasteiger charge is -2.11. The van der Waals surface area contributed by atoms with Gasteiger partial charge in [-0.15, -0.1) is 0 Å². The number of benzene rings is 1. The summed E-state index contributed by atoms with van der Waals surface area (Å²) in [6.45, 7) is 2.82. The van der Waals surface area contributed by atoms with Gasteiger partial charge in [0.1, 0.15) is 0 Å². The average molecular weight is 452 g/mol. The van der Waals surface area contributed by atoms with Gasteiger partial charge in [-0.2, -0.15) is 5.10 Å². The molecule has 6 heteroatoms. The highest BCUT2D eigenvalue weighted by molar-refractivity contribution is 9.11. The van der Waals surface area contributed by atoms with E-state index in [0.717, 1.165) is 36.9 Å². The number of anilines is 1. The van der Waals surface area contributed by atoms with Crippen molar-refractivity contribution in [2.45, 2.75) is 19.9 Å². The summed E-state index contributed by atoms with van der Waals surface area (Å²) in [7, 11) is 1.97. The van der Waals surface area contributed by atoms with Crippen LogP contribution in [0.2, 0.25) is 0 Å². The Labute approximate surface area is 138 Å². The number of halogens is 3. The summed E-state index contributed by atoms with van der Waals surface area (Å²) >= 11 is 10.7. The normalized spacial score (nSPS) is 10.8. The molecule has 2 rings (SSSR count). The first kappa shape index (κ1) is 15.1. The minimum absolute atomic E-state index is 0.714. The van der Waals surface area contributed by atoms with Crippen LogP contribution in [0.15, 0.2) is 31.6 Å². The SMILES string of the molecule is CCc1nn(C)c(CNc2c(Br)cccc2Br)c1Br. The minimum atomic E-state index is 0.714. The zero-order valence-electron chi connectivity index (χ0n) is 10.7. The van der Waals surface area contributed by atoms with E-state index in [4.69, 9.17) is 0 Å². The van der Waals surface area contributed by atoms with Gasteiger partial charge in [0.2, 0.25) is 0 Å². The molecule has 0 atom stereocenters. The largest absolute Gasteiger partial charge is 0.378 e. The average Bonchev–Trinajstić information content (AvgIpc) is 2.65. The number of nitrogens with zero attached hydrogens (tertiary/aromatic N) is 2. The van der Waals surface area contributed by atoms with Crippen LogP contribution in [-0.2, 0) is 20.0 Å². The van der Waals surface area contributed by atoms with Gasteiger partial charge in [-0.25, -0.2) is 0 Å². The van der Waals surface area contributed by atoms with Gasteiger partial charge in [-0.3, -0.25) is 4.68 Å². The highest BCUT2D eigenvalue weighted by atomic mass is 79.9. The monoisotopic (exact) mass is 449 g/mol. The zero-order valence-corrected chi connectivity index (χ0v) is 15.4. The number of aryl methyl sites for hydroxylation is 2. The van der Waals surface area contributed by atoms with Crippen LogP contribution in [0.1, 0.15) is 18.3 Å². The van der Waals surface area contributed by atoms with E-state index < -0.39 is 0 Å². The molecule has 0 aliphatic heterocycles. The molecule has 0 bridgehead atoms. The lowest BCUT2D eigenvalue weighted by Crippen LogP contribution is -2.06. The lowest BCUT2D eigenvalue weighted by molar-refractivity contribution is 0.706. The van der Waals surface area contributed by atoms with E-state index in [-0.39, 0.29) is 0 Å². The van der Waals surface area contributed by atoms with E-state index in [1.54, 1.807) is 0 Å². The van der Waals surface area contributed by atoms with Crippen LogP contribution < -0.4 is 5.32 Å². The molecule has 1 N–H and O–H groups in total. The molecular weight excluding hydrogens is 438 g/mol. The first-order valence-corrected chi connectivity index (χ1v) is 8.30. The van der Waals surface area contributed by atoms with Crippen LogP contribution in [0, 0.1) is 0 Å². The molecule has 0 saturated heterocycles. The summed E-state index contributed by atoms with van der Waals surface area (Å²) in [5.74, 6) is 0. The second-order valence-corrected chi connectivity index (χ2v) is 6.64. The number of rotatable bonds is 4. The van der Waals surface area contributed by atoms with Crippen molar-refractivity contribution in [2.24, 2.45) is 7.05 Å². The number of para-hydroxylation sites is 1. The summed E-state index contributed by atoms with van der Waals surface area (Å²) < 4.78 is 5.08. The number of hydrogen-bond donors (Lipinski definition) is 1. The van der Waals surface area contributed by atoms with Crippen molar-refractivity contribution in [3.63, 3.8) is 0 Å². The van der Waals surface area contributed by atoms with Crippen LogP contribution >= 0.6 is 47.8 Å². The first-order valence-electron chi connectivity index (χ1n) is 5.92. The van der Waals surface area contributed by atoms with Gasteiger partial charge in [0.25, 0.3) is 0 Å². The highest BCUT2D eigenvalue weighted by Crippen LogP contribution is 2.31. The molecule has 0 saturated carbocycles. The molecule has 3 nitrogen and oxygen atoms in total. The summed E-state index contributed by atoms with van der Waals surface area (Å²) in [6, 6.07) is 6.03.